The first-order chi connectivity index (χ1) is 2.50. The molecule has 0 fully saturated rings. The Bertz CT molecular complexity index is 64.0. The smallest absolute Gasteiger partial charge is 0 e. The molecule has 0 aromatic carbocycles. The Kier molecular flexibility index (Phi) is 4.36. The van der Waals surface area contributed by atoms with Gasteiger partial charge in [-0.2, -0.15) is 18.3 Å². The monoisotopic (exact) mass is 293 g/mol. The number of H-pyrrole nitrogens is 1. The van der Waals surface area contributed by atoms with Crippen molar-refractivity contribution in [1.82, 2.24) is 4.98 Å². The second-order valence-electron chi connectivity index (χ2n) is 0.814. The number of hydrogen-bond acceptors (Lipinski definition) is 0. The maximum atomic E-state index is 2.74. The van der Waals surface area contributed by atoms with Gasteiger partial charge in [0.05, 0.1) is 0 Å². The van der Waals surface area contributed by atoms with E-state index in [0.717, 1.165) is 0 Å². The van der Waals surface area contributed by atoms with E-state index < -0.39 is 0 Å². The zero-order chi connectivity index (χ0) is 3.54. The third-order valence-electron chi connectivity index (χ3n) is 0.442. The van der Waals surface area contributed by atoms with E-state index in [2.05, 4.69) is 11.2 Å². The maximum Gasteiger partial charge on any atom is 0 e. The number of hydrogen-bond donors (Lipinski definition) is 1. The second-order valence-corrected chi connectivity index (χ2v) is 0.814. The van der Waals surface area contributed by atoms with Gasteiger partial charge in [-0.25, -0.2) is 0 Å². The Labute approximate surface area is 72.7 Å². The van der Waals surface area contributed by atoms with E-state index in [0.29, 0.717) is 0 Å². The molecule has 0 aliphatic carbocycles. The third-order valence-corrected chi connectivity index (χ3v) is 0.442. The predicted molar refractivity (Wildman–Crippen MR) is 19.6 cm³/mol. The molecule has 0 bridgehead atoms. The van der Waals surface area contributed by atoms with Crippen molar-refractivity contribution < 1.29 is 44.1 Å². The molecule has 2 heteroatoms. The van der Waals surface area contributed by atoms with Crippen LogP contribution in [-0.2, 0) is 0 Å². The van der Waals surface area contributed by atoms with Gasteiger partial charge in [0.25, 0.3) is 0 Å². The zero-order valence-corrected chi connectivity index (χ0v) is 8.05. The quantitative estimate of drug-likeness (QED) is 0.682. The summed E-state index contributed by atoms with van der Waals surface area (Å²) in [7, 11) is 0. The van der Waals surface area contributed by atoms with Crippen LogP contribution in [-0.4, -0.2) is 4.98 Å². The standard InChI is InChI=1S/C4H4N.Ac/c1-2-4-5-3-1;/h1-3,5H;/q-1;. The van der Waals surface area contributed by atoms with Crippen molar-refractivity contribution in [1.29, 1.82) is 0 Å². The second kappa shape index (κ2) is 3.90. The molecule has 0 aliphatic heterocycles. The van der Waals surface area contributed by atoms with Crippen LogP contribution in [0.2, 0.25) is 0 Å². The summed E-state index contributed by atoms with van der Waals surface area (Å²) in [4.78, 5) is 2.74. The van der Waals surface area contributed by atoms with E-state index in [9.17, 15) is 0 Å². The molecule has 0 atom stereocenters. The molecular weight excluding hydrogens is 289 g/mol. The van der Waals surface area contributed by atoms with Crippen LogP contribution in [0.5, 0.6) is 0 Å². The molecule has 0 aliphatic rings. The maximum absolute atomic E-state index is 2.74. The minimum atomic E-state index is 0. The fourth-order valence-electron chi connectivity index (χ4n) is 0.241. The Morgan fingerprint density at radius 2 is 2.33 bits per heavy atom. The van der Waals surface area contributed by atoms with Crippen molar-refractivity contribution in [3.63, 3.8) is 0 Å². The van der Waals surface area contributed by atoms with E-state index in [1.54, 1.807) is 0 Å². The Balaban J connectivity index is 0.000000250. The van der Waals surface area contributed by atoms with E-state index in [1.165, 1.54) is 0 Å². The molecule has 1 heterocycles. The Morgan fingerprint density at radius 3 is 2.50 bits per heavy atom. The summed E-state index contributed by atoms with van der Waals surface area (Å²) in [6, 6.07) is 3.71. The van der Waals surface area contributed by atoms with Gasteiger partial charge in [-0.1, -0.05) is 0 Å². The Hall–Kier alpha value is 0.722. The fraction of sp³-hybridized carbons (Fsp3) is 0. The largest absolute Gasteiger partial charge is 0.484 e. The van der Waals surface area contributed by atoms with Crippen LogP contribution in [0.3, 0.4) is 0 Å². The SMILES string of the molecule is [Ac].[c-]1ccc[nH]1. The summed E-state index contributed by atoms with van der Waals surface area (Å²) in [5.41, 5.74) is 0. The van der Waals surface area contributed by atoms with Gasteiger partial charge in [0.15, 0.2) is 0 Å². The summed E-state index contributed by atoms with van der Waals surface area (Å²) < 4.78 is 0. The minimum Gasteiger partial charge on any atom is -0.484 e. The van der Waals surface area contributed by atoms with Crippen LogP contribution in [0.15, 0.2) is 18.3 Å². The first kappa shape index (κ1) is 6.72. The van der Waals surface area contributed by atoms with Crippen molar-refractivity contribution in [2.45, 2.75) is 0 Å². The van der Waals surface area contributed by atoms with Gasteiger partial charge in [-0.3, -0.25) is 0 Å². The van der Waals surface area contributed by atoms with Crippen molar-refractivity contribution >= 4 is 0 Å². The molecule has 1 nitrogen and oxygen atoms in total. The average Bonchev–Trinajstić information content (AvgIpc) is 1.76. The average molecular weight is 293 g/mol. The summed E-state index contributed by atoms with van der Waals surface area (Å²) in [5.74, 6) is 0. The topological polar surface area (TPSA) is 15.8 Å². The molecule has 1 aromatic heterocycles. The molecule has 1 radical (unpaired) electrons. The molecule has 0 spiro atoms. The van der Waals surface area contributed by atoms with Crippen molar-refractivity contribution in [3.8, 4) is 0 Å². The number of aromatic amines is 1. The van der Waals surface area contributed by atoms with Gasteiger partial charge in [0.1, 0.15) is 0 Å². The molecule has 0 saturated heterocycles. The Morgan fingerprint density at radius 1 is 1.50 bits per heavy atom. The molecule has 6 heavy (non-hydrogen) atoms. The van der Waals surface area contributed by atoms with E-state index >= 15 is 0 Å². The number of rotatable bonds is 0. The normalized spacial score (nSPS) is 6.67. The predicted octanol–water partition coefficient (Wildman–Crippen LogP) is 0.815. The number of aromatic nitrogens is 1. The van der Waals surface area contributed by atoms with Crippen LogP contribution >= 0.6 is 0 Å². The molecular formula is C4H4AcN-. The van der Waals surface area contributed by atoms with Gasteiger partial charge in [0, 0.05) is 44.1 Å². The van der Waals surface area contributed by atoms with Gasteiger partial charge >= 0.3 is 0 Å². The first-order valence-corrected chi connectivity index (χ1v) is 1.49. The molecule has 29 valence electrons. The van der Waals surface area contributed by atoms with Crippen molar-refractivity contribution in [2.75, 3.05) is 0 Å². The van der Waals surface area contributed by atoms with Crippen LogP contribution in [0.4, 0.5) is 0 Å². The van der Waals surface area contributed by atoms with Crippen molar-refractivity contribution in [2.24, 2.45) is 0 Å². The van der Waals surface area contributed by atoms with Gasteiger partial charge < -0.3 is 4.98 Å². The third kappa shape index (κ3) is 2.00. The van der Waals surface area contributed by atoms with E-state index in [1.807, 2.05) is 18.3 Å². The zero-order valence-electron chi connectivity index (χ0n) is 3.31. The summed E-state index contributed by atoms with van der Waals surface area (Å²) >= 11 is 0. The van der Waals surface area contributed by atoms with Crippen molar-refractivity contribution in [3.05, 3.63) is 24.5 Å². The fourth-order valence-corrected chi connectivity index (χ4v) is 0.241. The van der Waals surface area contributed by atoms with Crippen LogP contribution in [0.25, 0.3) is 0 Å². The molecule has 1 rings (SSSR count). The molecule has 1 N–H and O–H groups in total. The number of nitrogens with one attached hydrogen (secondary N) is 1. The van der Waals surface area contributed by atoms with E-state index in [-0.39, 0.29) is 44.1 Å². The van der Waals surface area contributed by atoms with Gasteiger partial charge in [-0.15, -0.1) is 6.20 Å². The van der Waals surface area contributed by atoms with Crippen LogP contribution in [0.1, 0.15) is 0 Å². The molecule has 0 saturated carbocycles. The summed E-state index contributed by atoms with van der Waals surface area (Å²) in [5, 5.41) is 0. The van der Waals surface area contributed by atoms with Gasteiger partial charge in [-0.05, 0) is 0 Å². The molecule has 1 aromatic rings. The van der Waals surface area contributed by atoms with E-state index in [4.69, 9.17) is 0 Å². The minimum absolute atomic E-state index is 0. The van der Waals surface area contributed by atoms with Crippen LogP contribution < -0.4 is 0 Å². The van der Waals surface area contributed by atoms with Crippen LogP contribution in [0, 0.1) is 50.3 Å². The van der Waals surface area contributed by atoms with Gasteiger partial charge in [0.2, 0.25) is 0 Å². The molecule has 0 unspecified atom stereocenters. The summed E-state index contributed by atoms with van der Waals surface area (Å²) in [6.07, 6.45) is 4.56. The summed E-state index contributed by atoms with van der Waals surface area (Å²) in [6.45, 7) is 0. The first-order valence-electron chi connectivity index (χ1n) is 1.49. The molecule has 0 amide bonds.